The molecule has 2 N–H and O–H groups in total. The van der Waals surface area contributed by atoms with E-state index < -0.39 is 0 Å². The Morgan fingerprint density at radius 3 is 2.52 bits per heavy atom. The average molecular weight is 290 g/mol. The van der Waals surface area contributed by atoms with Crippen LogP contribution in [0.1, 0.15) is 51.7 Å². The maximum Gasteiger partial charge on any atom is 0.224 e. The maximum atomic E-state index is 12.4. The Labute approximate surface area is 129 Å². The zero-order valence-corrected chi connectivity index (χ0v) is 14.1. The van der Waals surface area contributed by atoms with E-state index in [9.17, 15) is 4.79 Å². The van der Waals surface area contributed by atoms with Crippen molar-refractivity contribution in [1.29, 1.82) is 0 Å². The van der Waals surface area contributed by atoms with Crippen LogP contribution in [-0.2, 0) is 11.3 Å². The van der Waals surface area contributed by atoms with E-state index in [1.807, 2.05) is 17.9 Å². The molecule has 0 saturated carbocycles. The lowest BCUT2D eigenvalue weighted by Crippen LogP contribution is -2.37. The maximum absolute atomic E-state index is 12.4. The standard InChI is InChI=1S/C18H30N2O/c1-6-20(13-15-9-7-8-14(2)10-15)17(21)11-16(19)12-18(3,4)5/h7-10,16H,6,11-13,19H2,1-5H3. The molecule has 0 aliphatic carbocycles. The minimum Gasteiger partial charge on any atom is -0.339 e. The van der Waals surface area contributed by atoms with Crippen molar-refractivity contribution in [2.75, 3.05) is 6.54 Å². The molecule has 3 heteroatoms. The summed E-state index contributed by atoms with van der Waals surface area (Å²) in [7, 11) is 0. The van der Waals surface area contributed by atoms with E-state index >= 15 is 0 Å². The van der Waals surface area contributed by atoms with E-state index in [2.05, 4.69) is 45.9 Å². The molecule has 0 fully saturated rings. The second-order valence-corrected chi connectivity index (χ2v) is 7.13. The summed E-state index contributed by atoms with van der Waals surface area (Å²) in [6, 6.07) is 8.24. The summed E-state index contributed by atoms with van der Waals surface area (Å²) in [6.07, 6.45) is 1.29. The summed E-state index contributed by atoms with van der Waals surface area (Å²) < 4.78 is 0. The molecule has 1 atom stereocenters. The highest BCUT2D eigenvalue weighted by atomic mass is 16.2. The van der Waals surface area contributed by atoms with Crippen LogP contribution in [0, 0.1) is 12.3 Å². The number of nitrogens with zero attached hydrogens (tertiary/aromatic N) is 1. The van der Waals surface area contributed by atoms with Crippen molar-refractivity contribution in [2.45, 2.75) is 60.0 Å². The Morgan fingerprint density at radius 1 is 1.33 bits per heavy atom. The highest BCUT2D eigenvalue weighted by molar-refractivity contribution is 5.76. The van der Waals surface area contributed by atoms with Crippen molar-refractivity contribution < 1.29 is 4.79 Å². The summed E-state index contributed by atoms with van der Waals surface area (Å²) in [6.45, 7) is 11.9. The number of aryl methyl sites for hydroxylation is 1. The van der Waals surface area contributed by atoms with Gasteiger partial charge in [-0.3, -0.25) is 4.79 Å². The van der Waals surface area contributed by atoms with E-state index in [0.717, 1.165) is 13.0 Å². The molecule has 3 nitrogen and oxygen atoms in total. The van der Waals surface area contributed by atoms with Gasteiger partial charge in [-0.25, -0.2) is 0 Å². The van der Waals surface area contributed by atoms with Gasteiger partial charge in [-0.05, 0) is 31.2 Å². The Hall–Kier alpha value is -1.35. The van der Waals surface area contributed by atoms with E-state index in [-0.39, 0.29) is 17.4 Å². The molecule has 0 aliphatic rings. The Morgan fingerprint density at radius 2 is 2.00 bits per heavy atom. The largest absolute Gasteiger partial charge is 0.339 e. The lowest BCUT2D eigenvalue weighted by Gasteiger charge is -2.26. The predicted molar refractivity (Wildman–Crippen MR) is 88.9 cm³/mol. The Balaban J connectivity index is 2.61. The van der Waals surface area contributed by atoms with Crippen LogP contribution in [0.5, 0.6) is 0 Å². The summed E-state index contributed by atoms with van der Waals surface area (Å²) in [5.41, 5.74) is 8.68. The van der Waals surface area contributed by atoms with Gasteiger partial charge in [-0.2, -0.15) is 0 Å². The first-order valence-electron chi connectivity index (χ1n) is 7.80. The van der Waals surface area contributed by atoms with Crippen molar-refractivity contribution in [3.05, 3.63) is 35.4 Å². The zero-order chi connectivity index (χ0) is 16.0. The minimum absolute atomic E-state index is 0.0657. The molecular formula is C18H30N2O. The number of hydrogen-bond donors (Lipinski definition) is 1. The van der Waals surface area contributed by atoms with Gasteiger partial charge in [-0.15, -0.1) is 0 Å². The van der Waals surface area contributed by atoms with Crippen molar-refractivity contribution in [2.24, 2.45) is 11.1 Å². The predicted octanol–water partition coefficient (Wildman–Crippen LogP) is 3.50. The van der Waals surface area contributed by atoms with Crippen LogP contribution in [0.4, 0.5) is 0 Å². The topological polar surface area (TPSA) is 46.3 Å². The molecule has 118 valence electrons. The van der Waals surface area contributed by atoms with Crippen LogP contribution in [-0.4, -0.2) is 23.4 Å². The van der Waals surface area contributed by atoms with Gasteiger partial charge in [0.25, 0.3) is 0 Å². The monoisotopic (exact) mass is 290 g/mol. The second kappa shape index (κ2) is 7.60. The number of amides is 1. The second-order valence-electron chi connectivity index (χ2n) is 7.13. The lowest BCUT2D eigenvalue weighted by molar-refractivity contribution is -0.132. The number of nitrogens with two attached hydrogens (primary N) is 1. The van der Waals surface area contributed by atoms with Crippen LogP contribution < -0.4 is 5.73 Å². The molecule has 0 heterocycles. The molecule has 0 saturated heterocycles. The van der Waals surface area contributed by atoms with Gasteiger partial charge in [0.1, 0.15) is 0 Å². The summed E-state index contributed by atoms with van der Waals surface area (Å²) in [5, 5.41) is 0. The van der Waals surface area contributed by atoms with Crippen molar-refractivity contribution >= 4 is 5.91 Å². The van der Waals surface area contributed by atoms with Crippen LogP contribution in [0.15, 0.2) is 24.3 Å². The van der Waals surface area contributed by atoms with E-state index in [1.165, 1.54) is 11.1 Å². The van der Waals surface area contributed by atoms with Gasteiger partial charge in [0.05, 0.1) is 0 Å². The van der Waals surface area contributed by atoms with Crippen LogP contribution in [0.2, 0.25) is 0 Å². The number of benzene rings is 1. The van der Waals surface area contributed by atoms with E-state index in [1.54, 1.807) is 0 Å². The molecule has 0 radical (unpaired) electrons. The molecule has 1 rings (SSSR count). The number of rotatable bonds is 6. The molecule has 0 bridgehead atoms. The fraction of sp³-hybridized carbons (Fsp3) is 0.611. The molecular weight excluding hydrogens is 260 g/mol. The molecule has 0 spiro atoms. The third-order valence-corrected chi connectivity index (χ3v) is 3.50. The molecule has 21 heavy (non-hydrogen) atoms. The first-order valence-corrected chi connectivity index (χ1v) is 7.80. The Bertz CT molecular complexity index is 463. The van der Waals surface area contributed by atoms with Crippen LogP contribution >= 0.6 is 0 Å². The van der Waals surface area contributed by atoms with Crippen molar-refractivity contribution in [1.82, 2.24) is 4.90 Å². The highest BCUT2D eigenvalue weighted by Gasteiger charge is 2.20. The molecule has 1 unspecified atom stereocenters. The van der Waals surface area contributed by atoms with Crippen molar-refractivity contribution in [3.8, 4) is 0 Å². The fourth-order valence-corrected chi connectivity index (χ4v) is 2.62. The molecule has 1 aromatic rings. The smallest absolute Gasteiger partial charge is 0.224 e. The van der Waals surface area contributed by atoms with E-state index in [0.29, 0.717) is 13.0 Å². The summed E-state index contributed by atoms with van der Waals surface area (Å²) in [5.74, 6) is 0.149. The third kappa shape index (κ3) is 6.76. The van der Waals surface area contributed by atoms with Gasteiger partial charge in [0.2, 0.25) is 5.91 Å². The number of carbonyl (C=O) groups is 1. The van der Waals surface area contributed by atoms with Crippen LogP contribution in [0.3, 0.4) is 0 Å². The van der Waals surface area contributed by atoms with Crippen LogP contribution in [0.25, 0.3) is 0 Å². The zero-order valence-electron chi connectivity index (χ0n) is 14.1. The van der Waals surface area contributed by atoms with Gasteiger partial charge >= 0.3 is 0 Å². The molecule has 1 aromatic carbocycles. The third-order valence-electron chi connectivity index (χ3n) is 3.50. The molecule has 0 aromatic heterocycles. The quantitative estimate of drug-likeness (QED) is 0.871. The highest BCUT2D eigenvalue weighted by Crippen LogP contribution is 2.21. The molecule has 1 amide bonds. The first-order chi connectivity index (χ1) is 9.71. The molecule has 0 aliphatic heterocycles. The van der Waals surface area contributed by atoms with Gasteiger partial charge in [0, 0.05) is 25.6 Å². The average Bonchev–Trinajstić information content (AvgIpc) is 2.33. The normalized spacial score (nSPS) is 13.0. The van der Waals surface area contributed by atoms with Gasteiger partial charge in [0.15, 0.2) is 0 Å². The number of hydrogen-bond acceptors (Lipinski definition) is 2. The Kier molecular flexibility index (Phi) is 6.41. The van der Waals surface area contributed by atoms with E-state index in [4.69, 9.17) is 5.73 Å². The van der Waals surface area contributed by atoms with Gasteiger partial charge < -0.3 is 10.6 Å². The SMILES string of the molecule is CCN(Cc1cccc(C)c1)C(=O)CC(N)CC(C)(C)C. The first kappa shape index (κ1) is 17.7. The lowest BCUT2D eigenvalue weighted by atomic mass is 9.87. The van der Waals surface area contributed by atoms with Crippen molar-refractivity contribution in [3.63, 3.8) is 0 Å². The minimum atomic E-state index is -0.0657. The fourth-order valence-electron chi connectivity index (χ4n) is 2.62. The number of carbonyl (C=O) groups excluding carboxylic acids is 1. The summed E-state index contributed by atoms with van der Waals surface area (Å²) >= 11 is 0. The summed E-state index contributed by atoms with van der Waals surface area (Å²) in [4.78, 5) is 14.3. The van der Waals surface area contributed by atoms with Gasteiger partial charge in [-0.1, -0.05) is 50.6 Å².